The molecule has 6 rings (SSSR count). The Morgan fingerprint density at radius 3 is 2.00 bits per heavy atom. The van der Waals surface area contributed by atoms with Gasteiger partial charge in [-0.15, -0.1) is 0 Å². The van der Waals surface area contributed by atoms with Gasteiger partial charge < -0.3 is 25.0 Å². The molecule has 0 unspecified atom stereocenters. The van der Waals surface area contributed by atoms with E-state index in [4.69, 9.17) is 9.47 Å². The van der Waals surface area contributed by atoms with Gasteiger partial charge in [0, 0.05) is 6.42 Å². The summed E-state index contributed by atoms with van der Waals surface area (Å²) >= 11 is 0. The molecule has 10 heteroatoms. The Hall–Kier alpha value is -4.64. The monoisotopic (exact) mass is 565 g/mol. The largest absolute Gasteiger partial charge is 0.463 e. The summed E-state index contributed by atoms with van der Waals surface area (Å²) in [5.41, 5.74) is 3.00. The number of anilines is 1. The van der Waals surface area contributed by atoms with Crippen molar-refractivity contribution in [3.05, 3.63) is 120 Å². The highest BCUT2D eigenvalue weighted by Gasteiger charge is 2.45. The van der Waals surface area contributed by atoms with Crippen molar-refractivity contribution in [1.82, 2.24) is 19.5 Å². The highest BCUT2D eigenvalue weighted by molar-refractivity contribution is 5.84. The predicted octanol–water partition coefficient (Wildman–Crippen LogP) is 3.80. The van der Waals surface area contributed by atoms with Gasteiger partial charge in [0.2, 0.25) is 0 Å². The van der Waals surface area contributed by atoms with Gasteiger partial charge in [-0.2, -0.15) is 0 Å². The minimum Gasteiger partial charge on any atom is -0.463 e. The lowest BCUT2D eigenvalue weighted by Crippen LogP contribution is -2.38. The smallest absolute Gasteiger partial charge is 0.305 e. The fraction of sp³-hybridized carbons (Fsp3) is 0.250. The van der Waals surface area contributed by atoms with Crippen molar-refractivity contribution in [2.45, 2.75) is 43.4 Å². The molecule has 0 bridgehead atoms. The number of carbonyl (C=O) groups excluding carboxylic acids is 1. The first kappa shape index (κ1) is 27.5. The number of benzene rings is 3. The summed E-state index contributed by atoms with van der Waals surface area (Å²) in [7, 11) is 0. The first-order chi connectivity index (χ1) is 20.5. The molecule has 0 saturated carbocycles. The van der Waals surface area contributed by atoms with Crippen molar-refractivity contribution in [3.63, 3.8) is 0 Å². The highest BCUT2D eigenvalue weighted by atomic mass is 16.6. The molecule has 1 fully saturated rings. The third-order valence-corrected chi connectivity index (χ3v) is 7.59. The van der Waals surface area contributed by atoms with E-state index in [-0.39, 0.29) is 13.0 Å². The topological polar surface area (TPSA) is 132 Å². The fourth-order valence-electron chi connectivity index (χ4n) is 5.46. The molecular weight excluding hydrogens is 534 g/mol. The Morgan fingerprint density at radius 1 is 0.881 bits per heavy atom. The van der Waals surface area contributed by atoms with E-state index < -0.39 is 36.0 Å². The van der Waals surface area contributed by atoms with Gasteiger partial charge in [0.15, 0.2) is 23.2 Å². The Kier molecular flexibility index (Phi) is 7.66. The second-order valence-corrected chi connectivity index (χ2v) is 10.1. The van der Waals surface area contributed by atoms with Gasteiger partial charge in [0.05, 0.1) is 6.33 Å². The van der Waals surface area contributed by atoms with Crippen LogP contribution in [0.5, 0.6) is 0 Å². The number of carbonyl (C=O) groups is 1. The lowest BCUT2D eigenvalue weighted by atomic mass is 9.77. The third-order valence-electron chi connectivity index (χ3n) is 7.59. The maximum absolute atomic E-state index is 11.6. The number of imidazole rings is 1. The van der Waals surface area contributed by atoms with Crippen molar-refractivity contribution < 1.29 is 24.5 Å². The molecule has 0 amide bonds. The van der Waals surface area contributed by atoms with Crippen LogP contribution < -0.4 is 5.32 Å². The summed E-state index contributed by atoms with van der Waals surface area (Å²) in [6.07, 6.45) is -1.34. The average Bonchev–Trinajstić information content (AvgIpc) is 3.60. The summed E-state index contributed by atoms with van der Waals surface area (Å²) in [6, 6.07) is 30.4. The third kappa shape index (κ3) is 4.89. The highest BCUT2D eigenvalue weighted by Crippen LogP contribution is 2.41. The molecule has 1 aliphatic rings. The second kappa shape index (κ2) is 11.7. The number of esters is 1. The van der Waals surface area contributed by atoms with Gasteiger partial charge in [-0.05, 0) is 16.7 Å². The number of aromatic nitrogens is 4. The van der Waals surface area contributed by atoms with Crippen molar-refractivity contribution in [3.8, 4) is 0 Å². The molecule has 0 aliphatic carbocycles. The van der Waals surface area contributed by atoms with E-state index in [9.17, 15) is 15.0 Å². The zero-order valence-corrected chi connectivity index (χ0v) is 22.9. The number of aliphatic hydroxyl groups excluding tert-OH is 2. The van der Waals surface area contributed by atoms with Crippen molar-refractivity contribution in [2.75, 3.05) is 11.9 Å². The van der Waals surface area contributed by atoms with Crippen LogP contribution in [0.25, 0.3) is 11.2 Å². The van der Waals surface area contributed by atoms with Crippen molar-refractivity contribution in [1.29, 1.82) is 0 Å². The number of rotatable bonds is 9. The Labute approximate surface area is 242 Å². The summed E-state index contributed by atoms with van der Waals surface area (Å²) in [5, 5.41) is 25.2. The van der Waals surface area contributed by atoms with Gasteiger partial charge in [0.25, 0.3) is 0 Å². The van der Waals surface area contributed by atoms with Gasteiger partial charge in [-0.1, -0.05) is 97.9 Å². The van der Waals surface area contributed by atoms with Crippen LogP contribution in [-0.2, 0) is 19.8 Å². The number of aliphatic hydroxyl groups is 2. The van der Waals surface area contributed by atoms with Crippen LogP contribution in [0.4, 0.5) is 5.82 Å². The number of fused-ring (bicyclic) bond motifs is 1. The number of hydrogen-bond acceptors (Lipinski definition) is 9. The van der Waals surface area contributed by atoms with E-state index in [1.54, 1.807) is 11.5 Å². The Balaban J connectivity index is 1.43. The van der Waals surface area contributed by atoms with Crippen LogP contribution in [0.1, 0.15) is 36.3 Å². The van der Waals surface area contributed by atoms with Crippen LogP contribution in [0, 0.1) is 0 Å². The molecule has 214 valence electrons. The summed E-state index contributed by atoms with van der Waals surface area (Å²) < 4.78 is 12.7. The SMILES string of the molecule is CCC(=O)OC[C@H]1O[C@@H](n2cnc3c(NC(c4ccccc4)(c4ccccc4)c4ccccc4)ncnc32)[C@H](O)[C@@H]1O. The normalized spacial score (nSPS) is 20.5. The van der Waals surface area contributed by atoms with Gasteiger partial charge in [-0.3, -0.25) is 9.36 Å². The average molecular weight is 566 g/mol. The zero-order chi connectivity index (χ0) is 29.1. The molecule has 1 aliphatic heterocycles. The fourth-order valence-corrected chi connectivity index (χ4v) is 5.46. The zero-order valence-electron chi connectivity index (χ0n) is 22.9. The lowest BCUT2D eigenvalue weighted by molar-refractivity contribution is -0.149. The van der Waals surface area contributed by atoms with E-state index in [0.717, 1.165) is 16.7 Å². The lowest BCUT2D eigenvalue weighted by Gasteiger charge is -2.37. The molecule has 0 spiro atoms. The molecule has 10 nitrogen and oxygen atoms in total. The van der Waals surface area contributed by atoms with E-state index in [2.05, 4.69) is 56.7 Å². The van der Waals surface area contributed by atoms with E-state index >= 15 is 0 Å². The van der Waals surface area contributed by atoms with Crippen LogP contribution in [-0.4, -0.2) is 60.6 Å². The summed E-state index contributed by atoms with van der Waals surface area (Å²) in [5.74, 6) is 0.0516. The van der Waals surface area contributed by atoms with Crippen LogP contribution in [0.2, 0.25) is 0 Å². The van der Waals surface area contributed by atoms with Crippen LogP contribution in [0.3, 0.4) is 0 Å². The minimum atomic E-state index is -1.30. The standard InChI is InChI=1S/C32H31N5O5/c1-2-25(38)41-18-24-27(39)28(40)31(42-24)37-20-35-26-29(33-19-34-30(26)37)36-32(21-12-6-3-7-13-21,22-14-8-4-9-15-22)23-16-10-5-11-17-23/h3-17,19-20,24,27-28,31,39-40H,2,18H2,1H3,(H,33,34,36)/t24-,27-,28-,31-/m1/s1. The molecule has 3 aromatic carbocycles. The summed E-state index contributed by atoms with van der Waals surface area (Å²) in [6.45, 7) is 1.50. The number of nitrogens with one attached hydrogen (secondary N) is 1. The summed E-state index contributed by atoms with van der Waals surface area (Å²) in [4.78, 5) is 25.3. The number of nitrogens with zero attached hydrogens (tertiary/aromatic N) is 4. The minimum absolute atomic E-state index is 0.177. The predicted molar refractivity (Wildman–Crippen MR) is 155 cm³/mol. The van der Waals surface area contributed by atoms with E-state index in [1.807, 2.05) is 54.6 Å². The number of hydrogen-bond donors (Lipinski definition) is 3. The maximum Gasteiger partial charge on any atom is 0.305 e. The molecule has 1 saturated heterocycles. The molecule has 2 aromatic heterocycles. The van der Waals surface area contributed by atoms with Gasteiger partial charge in [-0.25, -0.2) is 15.0 Å². The number of ether oxygens (including phenoxy) is 2. The quantitative estimate of drug-likeness (QED) is 0.180. The second-order valence-electron chi connectivity index (χ2n) is 10.1. The first-order valence-electron chi connectivity index (χ1n) is 13.8. The van der Waals surface area contributed by atoms with Crippen molar-refractivity contribution >= 4 is 23.0 Å². The van der Waals surface area contributed by atoms with Crippen LogP contribution >= 0.6 is 0 Å². The Morgan fingerprint density at radius 2 is 1.45 bits per heavy atom. The molecule has 42 heavy (non-hydrogen) atoms. The molecule has 3 N–H and O–H groups in total. The molecule has 4 atom stereocenters. The molecule has 5 aromatic rings. The molecule has 3 heterocycles. The van der Waals surface area contributed by atoms with Crippen LogP contribution in [0.15, 0.2) is 104 Å². The van der Waals surface area contributed by atoms with Gasteiger partial charge in [0.1, 0.15) is 36.8 Å². The maximum atomic E-state index is 11.6. The van der Waals surface area contributed by atoms with Gasteiger partial charge >= 0.3 is 5.97 Å². The molecular formula is C32H31N5O5. The van der Waals surface area contributed by atoms with E-state index in [0.29, 0.717) is 17.0 Å². The molecule has 0 radical (unpaired) electrons. The first-order valence-corrected chi connectivity index (χ1v) is 13.8. The Bertz CT molecular complexity index is 1550. The van der Waals surface area contributed by atoms with E-state index in [1.165, 1.54) is 12.7 Å². The van der Waals surface area contributed by atoms with Crippen molar-refractivity contribution in [2.24, 2.45) is 0 Å².